The smallest absolute Gasteiger partial charge is 0.264 e. The van der Waals surface area contributed by atoms with Gasteiger partial charge in [0.05, 0.1) is 18.7 Å². The summed E-state index contributed by atoms with van der Waals surface area (Å²) in [4.78, 5) is 28.2. The molecule has 1 amide bonds. The number of ketones is 1. The molecule has 152 valence electrons. The van der Waals surface area contributed by atoms with Crippen LogP contribution in [0.15, 0.2) is 66.7 Å². The third kappa shape index (κ3) is 3.33. The number of Topliss-reactive ketones (excluding diaryl/α,β-unsaturated/α-hetero) is 1. The van der Waals surface area contributed by atoms with E-state index in [2.05, 4.69) is 0 Å². The minimum atomic E-state index is -1.87. The van der Waals surface area contributed by atoms with Gasteiger partial charge in [0.2, 0.25) is 0 Å². The molecule has 1 heterocycles. The van der Waals surface area contributed by atoms with E-state index in [1.54, 1.807) is 17.0 Å². The summed E-state index contributed by atoms with van der Waals surface area (Å²) in [5, 5.41) is 11.5. The van der Waals surface area contributed by atoms with Gasteiger partial charge in [-0.25, -0.2) is 0 Å². The van der Waals surface area contributed by atoms with Crippen molar-refractivity contribution in [1.82, 2.24) is 0 Å². The monoisotopic (exact) mass is 399 g/mol. The lowest BCUT2D eigenvalue weighted by Gasteiger charge is -2.23. The van der Waals surface area contributed by atoms with Gasteiger partial charge in [-0.05, 0) is 49.6 Å². The maximum atomic E-state index is 13.4. The molecule has 1 aliphatic heterocycles. The highest BCUT2D eigenvalue weighted by Crippen LogP contribution is 2.43. The normalized spacial score (nSPS) is 17.9. The highest BCUT2D eigenvalue weighted by molar-refractivity contribution is 6.11. The van der Waals surface area contributed by atoms with E-state index in [0.717, 1.165) is 22.3 Å². The molecule has 0 spiro atoms. The van der Waals surface area contributed by atoms with Crippen LogP contribution < -0.4 is 4.90 Å². The zero-order chi connectivity index (χ0) is 21.5. The minimum absolute atomic E-state index is 0.236. The van der Waals surface area contributed by atoms with Crippen molar-refractivity contribution in [3.8, 4) is 0 Å². The van der Waals surface area contributed by atoms with Crippen LogP contribution in [0.5, 0.6) is 0 Å². The molecule has 1 N–H and O–H groups in total. The molecule has 4 rings (SSSR count). The first kappa shape index (κ1) is 20.0. The summed E-state index contributed by atoms with van der Waals surface area (Å²) in [7, 11) is 0. The average Bonchev–Trinajstić information content (AvgIpc) is 2.93. The standard InChI is InChI=1S/C26H25NO3/c1-17-12-13-19(3)21(14-17)24(28)15-26(30)22-10-6-7-11-23(22)27(25(26)29)16-20-9-5-4-8-18(20)2/h4-14,30H,15-16H2,1-3H3. The second-order valence-corrected chi connectivity index (χ2v) is 8.11. The Morgan fingerprint density at radius 2 is 1.63 bits per heavy atom. The quantitative estimate of drug-likeness (QED) is 0.637. The Hall–Kier alpha value is -3.24. The van der Waals surface area contributed by atoms with E-state index in [9.17, 15) is 14.7 Å². The topological polar surface area (TPSA) is 57.6 Å². The van der Waals surface area contributed by atoms with Crippen molar-refractivity contribution >= 4 is 17.4 Å². The van der Waals surface area contributed by atoms with Crippen LogP contribution in [0.3, 0.4) is 0 Å². The lowest BCUT2D eigenvalue weighted by atomic mass is 9.87. The summed E-state index contributed by atoms with van der Waals surface area (Å²) in [6.07, 6.45) is -0.280. The van der Waals surface area contributed by atoms with Crippen LogP contribution in [0.2, 0.25) is 0 Å². The SMILES string of the molecule is Cc1ccc(C)c(C(=O)CC2(O)C(=O)N(Cc3ccccc3C)c3ccccc32)c1. The summed E-state index contributed by atoms with van der Waals surface area (Å²) in [5.74, 6) is -0.690. The number of carbonyl (C=O) groups is 2. The van der Waals surface area contributed by atoms with Crippen molar-refractivity contribution in [2.45, 2.75) is 39.3 Å². The highest BCUT2D eigenvalue weighted by atomic mass is 16.3. The van der Waals surface area contributed by atoms with Crippen molar-refractivity contribution in [2.75, 3.05) is 4.90 Å². The number of amides is 1. The number of fused-ring (bicyclic) bond motifs is 1. The van der Waals surface area contributed by atoms with Crippen molar-refractivity contribution < 1.29 is 14.7 Å². The van der Waals surface area contributed by atoms with Crippen molar-refractivity contribution in [3.63, 3.8) is 0 Å². The molecular formula is C26H25NO3. The Morgan fingerprint density at radius 1 is 0.933 bits per heavy atom. The number of hydrogen-bond donors (Lipinski definition) is 1. The third-order valence-electron chi connectivity index (χ3n) is 5.94. The lowest BCUT2D eigenvalue weighted by Crippen LogP contribution is -2.41. The molecule has 0 radical (unpaired) electrons. The van der Waals surface area contributed by atoms with Crippen LogP contribution in [0.1, 0.15) is 44.6 Å². The van der Waals surface area contributed by atoms with Gasteiger partial charge in [0.15, 0.2) is 11.4 Å². The summed E-state index contributed by atoms with van der Waals surface area (Å²) in [6.45, 7) is 6.14. The first-order chi connectivity index (χ1) is 14.3. The molecule has 4 heteroatoms. The van der Waals surface area contributed by atoms with E-state index in [4.69, 9.17) is 0 Å². The number of aryl methyl sites for hydroxylation is 3. The number of carbonyl (C=O) groups excluding carboxylic acids is 2. The number of nitrogens with zero attached hydrogens (tertiary/aromatic N) is 1. The second-order valence-electron chi connectivity index (χ2n) is 8.11. The molecule has 4 nitrogen and oxygen atoms in total. The largest absolute Gasteiger partial charge is 0.375 e. The van der Waals surface area contributed by atoms with Crippen LogP contribution >= 0.6 is 0 Å². The zero-order valence-electron chi connectivity index (χ0n) is 17.5. The Labute approximate surface area is 176 Å². The Balaban J connectivity index is 1.71. The van der Waals surface area contributed by atoms with Crippen LogP contribution in [-0.4, -0.2) is 16.8 Å². The number of hydrogen-bond acceptors (Lipinski definition) is 3. The van der Waals surface area contributed by atoms with Crippen molar-refractivity contribution in [1.29, 1.82) is 0 Å². The number of rotatable bonds is 5. The van der Waals surface area contributed by atoms with E-state index < -0.39 is 11.5 Å². The molecule has 0 bridgehead atoms. The Kier molecular flexibility index (Phi) is 5.04. The van der Waals surface area contributed by atoms with Gasteiger partial charge in [0.1, 0.15) is 0 Å². The number of aliphatic hydroxyl groups is 1. The van der Waals surface area contributed by atoms with Gasteiger partial charge < -0.3 is 10.0 Å². The number of benzene rings is 3. The van der Waals surface area contributed by atoms with Crippen LogP contribution in [0.25, 0.3) is 0 Å². The molecule has 0 fully saturated rings. The van der Waals surface area contributed by atoms with Crippen LogP contribution in [-0.2, 0) is 16.9 Å². The summed E-state index contributed by atoms with van der Waals surface area (Å²) < 4.78 is 0. The van der Waals surface area contributed by atoms with E-state index in [1.165, 1.54) is 0 Å². The van der Waals surface area contributed by atoms with E-state index >= 15 is 0 Å². The predicted octanol–water partition coefficient (Wildman–Crippen LogP) is 4.62. The fourth-order valence-corrected chi connectivity index (χ4v) is 4.16. The molecule has 0 saturated heterocycles. The number of anilines is 1. The molecule has 0 saturated carbocycles. The maximum Gasteiger partial charge on any atom is 0.264 e. The molecule has 0 aliphatic carbocycles. The molecule has 0 aromatic heterocycles. The molecule has 1 aliphatic rings. The van der Waals surface area contributed by atoms with E-state index in [1.807, 2.05) is 75.4 Å². The molecule has 3 aromatic carbocycles. The first-order valence-corrected chi connectivity index (χ1v) is 10.1. The molecule has 1 unspecified atom stereocenters. The summed E-state index contributed by atoms with van der Waals surface area (Å²) >= 11 is 0. The fourth-order valence-electron chi connectivity index (χ4n) is 4.16. The van der Waals surface area contributed by atoms with Gasteiger partial charge in [-0.2, -0.15) is 0 Å². The summed E-state index contributed by atoms with van der Waals surface area (Å²) in [5.41, 5.74) is 3.71. The predicted molar refractivity (Wildman–Crippen MR) is 118 cm³/mol. The molecule has 30 heavy (non-hydrogen) atoms. The van der Waals surface area contributed by atoms with Gasteiger partial charge in [-0.1, -0.05) is 60.2 Å². The lowest BCUT2D eigenvalue weighted by molar-refractivity contribution is -0.136. The van der Waals surface area contributed by atoms with Gasteiger partial charge in [-0.3, -0.25) is 9.59 Å². The van der Waals surface area contributed by atoms with Gasteiger partial charge in [0, 0.05) is 11.1 Å². The molecule has 3 aromatic rings. The number of para-hydroxylation sites is 1. The van der Waals surface area contributed by atoms with Crippen LogP contribution in [0.4, 0.5) is 5.69 Å². The zero-order valence-corrected chi connectivity index (χ0v) is 17.5. The van der Waals surface area contributed by atoms with Crippen molar-refractivity contribution in [2.24, 2.45) is 0 Å². The fraction of sp³-hybridized carbons (Fsp3) is 0.231. The Morgan fingerprint density at radius 3 is 2.40 bits per heavy atom. The first-order valence-electron chi connectivity index (χ1n) is 10.1. The summed E-state index contributed by atoms with van der Waals surface area (Å²) in [6, 6.07) is 20.7. The van der Waals surface area contributed by atoms with Crippen LogP contribution in [0, 0.1) is 20.8 Å². The average molecular weight is 399 g/mol. The second kappa shape index (κ2) is 7.54. The van der Waals surface area contributed by atoms with E-state index in [0.29, 0.717) is 23.4 Å². The Bertz CT molecular complexity index is 1150. The maximum absolute atomic E-state index is 13.4. The highest BCUT2D eigenvalue weighted by Gasteiger charge is 2.50. The van der Waals surface area contributed by atoms with Gasteiger partial charge in [0.25, 0.3) is 5.91 Å². The minimum Gasteiger partial charge on any atom is -0.375 e. The van der Waals surface area contributed by atoms with Crippen molar-refractivity contribution in [3.05, 3.63) is 100 Å². The van der Waals surface area contributed by atoms with Gasteiger partial charge in [-0.15, -0.1) is 0 Å². The third-order valence-corrected chi connectivity index (χ3v) is 5.94. The van der Waals surface area contributed by atoms with E-state index in [-0.39, 0.29) is 12.2 Å². The van der Waals surface area contributed by atoms with Gasteiger partial charge >= 0.3 is 0 Å². The molecule has 1 atom stereocenters. The molecular weight excluding hydrogens is 374 g/mol.